The minimum absolute atomic E-state index is 1.02. The highest BCUT2D eigenvalue weighted by molar-refractivity contribution is 14.1. The second-order valence-electron chi connectivity index (χ2n) is 2.54. The summed E-state index contributed by atoms with van der Waals surface area (Å²) in [6, 6.07) is 6.27. The van der Waals surface area contributed by atoms with Crippen LogP contribution in [0.2, 0.25) is 0 Å². The first-order valence-corrected chi connectivity index (χ1v) is 5.78. The first-order chi connectivity index (χ1) is 6.27. The summed E-state index contributed by atoms with van der Waals surface area (Å²) in [6.07, 6.45) is 3.37. The lowest BCUT2D eigenvalue weighted by Gasteiger charge is -1.99. The SMILES string of the molecule is Ic1ccc(-c2cnoc2)cc1I. The molecule has 0 spiro atoms. The number of aromatic nitrogens is 1. The Hall–Kier alpha value is -0.110. The number of hydrogen-bond donors (Lipinski definition) is 0. The van der Waals surface area contributed by atoms with Crippen molar-refractivity contribution in [3.8, 4) is 11.1 Å². The predicted molar refractivity (Wildman–Crippen MR) is 67.4 cm³/mol. The molecule has 4 heteroatoms. The second-order valence-corrected chi connectivity index (χ2v) is 4.87. The van der Waals surface area contributed by atoms with Crippen LogP contribution in [0.15, 0.2) is 35.2 Å². The van der Waals surface area contributed by atoms with E-state index in [1.165, 1.54) is 7.14 Å². The van der Waals surface area contributed by atoms with E-state index in [9.17, 15) is 0 Å². The molecular weight excluding hydrogens is 392 g/mol. The number of nitrogens with zero attached hydrogens (tertiary/aromatic N) is 1. The van der Waals surface area contributed by atoms with E-state index in [0.29, 0.717) is 0 Å². The Morgan fingerprint density at radius 2 is 1.92 bits per heavy atom. The Kier molecular flexibility index (Phi) is 2.87. The van der Waals surface area contributed by atoms with Crippen LogP contribution in [0.1, 0.15) is 0 Å². The fourth-order valence-electron chi connectivity index (χ4n) is 1.02. The van der Waals surface area contributed by atoms with Crippen molar-refractivity contribution in [3.05, 3.63) is 37.8 Å². The molecule has 1 aromatic heterocycles. The summed E-state index contributed by atoms with van der Waals surface area (Å²) in [4.78, 5) is 0. The molecule has 0 saturated heterocycles. The van der Waals surface area contributed by atoms with Crippen molar-refractivity contribution in [2.24, 2.45) is 0 Å². The summed E-state index contributed by atoms with van der Waals surface area (Å²) in [6.45, 7) is 0. The van der Waals surface area contributed by atoms with Gasteiger partial charge in [-0.25, -0.2) is 0 Å². The van der Waals surface area contributed by atoms with Crippen molar-refractivity contribution in [1.82, 2.24) is 5.16 Å². The third-order valence-corrected chi connectivity index (χ3v) is 4.55. The van der Waals surface area contributed by atoms with E-state index in [2.05, 4.69) is 68.5 Å². The van der Waals surface area contributed by atoms with Gasteiger partial charge in [-0.2, -0.15) is 0 Å². The summed E-state index contributed by atoms with van der Waals surface area (Å²) >= 11 is 4.63. The van der Waals surface area contributed by atoms with Crippen molar-refractivity contribution in [1.29, 1.82) is 0 Å². The summed E-state index contributed by atoms with van der Waals surface area (Å²) in [7, 11) is 0. The summed E-state index contributed by atoms with van der Waals surface area (Å²) < 4.78 is 7.29. The molecule has 13 heavy (non-hydrogen) atoms. The lowest BCUT2D eigenvalue weighted by molar-refractivity contribution is 0.420. The average molecular weight is 397 g/mol. The van der Waals surface area contributed by atoms with Crippen LogP contribution in [0.25, 0.3) is 11.1 Å². The van der Waals surface area contributed by atoms with Gasteiger partial charge >= 0.3 is 0 Å². The molecule has 2 nitrogen and oxygen atoms in total. The van der Waals surface area contributed by atoms with Gasteiger partial charge in [0.1, 0.15) is 6.26 Å². The van der Waals surface area contributed by atoms with Gasteiger partial charge in [-0.3, -0.25) is 0 Å². The molecule has 0 saturated carbocycles. The lowest BCUT2D eigenvalue weighted by Crippen LogP contribution is -1.80. The van der Waals surface area contributed by atoms with Crippen LogP contribution in [0.4, 0.5) is 0 Å². The molecule has 66 valence electrons. The quantitative estimate of drug-likeness (QED) is 0.689. The van der Waals surface area contributed by atoms with Crippen LogP contribution in [0.5, 0.6) is 0 Å². The van der Waals surface area contributed by atoms with Crippen LogP contribution >= 0.6 is 45.2 Å². The molecule has 0 aliphatic rings. The molecule has 0 fully saturated rings. The molecule has 2 rings (SSSR count). The third-order valence-electron chi connectivity index (χ3n) is 1.69. The summed E-state index contributed by atoms with van der Waals surface area (Å²) in [5.74, 6) is 0. The van der Waals surface area contributed by atoms with Gasteiger partial charge in [-0.15, -0.1) is 0 Å². The van der Waals surface area contributed by atoms with Gasteiger partial charge in [-0.1, -0.05) is 11.2 Å². The minimum Gasteiger partial charge on any atom is -0.364 e. The Labute approximate surface area is 103 Å². The standard InChI is InChI=1S/C9H5I2NO/c10-8-2-1-6(3-9(8)11)7-4-12-13-5-7/h1-5H. The maximum atomic E-state index is 4.78. The minimum atomic E-state index is 1.02. The lowest BCUT2D eigenvalue weighted by atomic mass is 10.1. The zero-order valence-electron chi connectivity index (χ0n) is 6.50. The summed E-state index contributed by atoms with van der Waals surface area (Å²) in [5.41, 5.74) is 2.17. The molecule has 1 aromatic carbocycles. The molecule has 0 bridgehead atoms. The van der Waals surface area contributed by atoms with Crippen LogP contribution in [-0.2, 0) is 0 Å². The second kappa shape index (κ2) is 3.95. The predicted octanol–water partition coefficient (Wildman–Crippen LogP) is 3.55. The van der Waals surface area contributed by atoms with E-state index in [0.717, 1.165) is 11.1 Å². The number of rotatable bonds is 1. The number of benzene rings is 1. The smallest absolute Gasteiger partial charge is 0.131 e. The molecule has 0 radical (unpaired) electrons. The van der Waals surface area contributed by atoms with Gasteiger partial charge in [-0.05, 0) is 62.9 Å². The Balaban J connectivity index is 2.49. The Morgan fingerprint density at radius 3 is 2.54 bits per heavy atom. The highest BCUT2D eigenvalue weighted by atomic mass is 127. The third kappa shape index (κ3) is 2.04. The van der Waals surface area contributed by atoms with E-state index in [1.807, 2.05) is 0 Å². The monoisotopic (exact) mass is 397 g/mol. The topological polar surface area (TPSA) is 26.0 Å². The molecule has 0 aliphatic heterocycles. The Morgan fingerprint density at radius 1 is 1.08 bits per heavy atom. The number of halogens is 2. The first-order valence-electron chi connectivity index (χ1n) is 3.62. The zero-order valence-corrected chi connectivity index (χ0v) is 10.8. The van der Waals surface area contributed by atoms with E-state index in [-0.39, 0.29) is 0 Å². The molecule has 0 atom stereocenters. The van der Waals surface area contributed by atoms with Crippen molar-refractivity contribution in [2.75, 3.05) is 0 Å². The van der Waals surface area contributed by atoms with Crippen molar-refractivity contribution in [2.45, 2.75) is 0 Å². The zero-order chi connectivity index (χ0) is 9.26. The fourth-order valence-corrected chi connectivity index (χ4v) is 1.87. The highest BCUT2D eigenvalue weighted by Gasteiger charge is 2.02. The van der Waals surface area contributed by atoms with Crippen LogP contribution < -0.4 is 0 Å². The van der Waals surface area contributed by atoms with Crippen molar-refractivity contribution in [3.63, 3.8) is 0 Å². The van der Waals surface area contributed by atoms with Gasteiger partial charge in [0.15, 0.2) is 0 Å². The van der Waals surface area contributed by atoms with E-state index in [4.69, 9.17) is 4.52 Å². The summed E-state index contributed by atoms with van der Waals surface area (Å²) in [5, 5.41) is 3.67. The van der Waals surface area contributed by atoms with Crippen molar-refractivity contribution < 1.29 is 4.52 Å². The Bertz CT molecular complexity index is 412. The molecule has 0 amide bonds. The van der Waals surface area contributed by atoms with Crippen LogP contribution in [0.3, 0.4) is 0 Å². The van der Waals surface area contributed by atoms with Gasteiger partial charge < -0.3 is 4.52 Å². The fraction of sp³-hybridized carbons (Fsp3) is 0. The molecule has 0 unspecified atom stereocenters. The van der Waals surface area contributed by atoms with Gasteiger partial charge in [0, 0.05) is 12.7 Å². The number of hydrogen-bond acceptors (Lipinski definition) is 2. The molecule has 0 N–H and O–H groups in total. The maximum absolute atomic E-state index is 4.78. The normalized spacial score (nSPS) is 10.3. The first kappa shape index (κ1) is 9.45. The molecular formula is C9H5I2NO. The van der Waals surface area contributed by atoms with Gasteiger partial charge in [0.2, 0.25) is 0 Å². The largest absolute Gasteiger partial charge is 0.364 e. The van der Waals surface area contributed by atoms with Gasteiger partial charge in [0.05, 0.1) is 6.20 Å². The average Bonchev–Trinajstić information content (AvgIpc) is 2.62. The van der Waals surface area contributed by atoms with Crippen LogP contribution in [-0.4, -0.2) is 5.16 Å². The van der Waals surface area contributed by atoms with Crippen molar-refractivity contribution >= 4 is 45.2 Å². The van der Waals surface area contributed by atoms with Crippen LogP contribution in [0, 0.1) is 7.14 Å². The molecule has 0 aliphatic carbocycles. The van der Waals surface area contributed by atoms with E-state index in [1.54, 1.807) is 12.5 Å². The van der Waals surface area contributed by atoms with E-state index < -0.39 is 0 Å². The van der Waals surface area contributed by atoms with Gasteiger partial charge in [0.25, 0.3) is 0 Å². The van der Waals surface area contributed by atoms with E-state index >= 15 is 0 Å². The maximum Gasteiger partial charge on any atom is 0.131 e. The highest BCUT2D eigenvalue weighted by Crippen LogP contribution is 2.23. The molecule has 2 aromatic rings. The molecule has 1 heterocycles.